The Hall–Kier alpha value is -2.01. The van der Waals surface area contributed by atoms with Crippen LogP contribution in [-0.4, -0.2) is 36.1 Å². The maximum atomic E-state index is 13.2. The second kappa shape index (κ2) is 5.96. The van der Waals surface area contributed by atoms with E-state index in [2.05, 4.69) is 14.9 Å². The fraction of sp³-hybridized carbons (Fsp3) is 0.333. The number of quaternary nitrogens is 1. The van der Waals surface area contributed by atoms with Gasteiger partial charge in [-0.3, -0.25) is 0 Å². The van der Waals surface area contributed by atoms with Crippen LogP contribution in [0, 0.1) is 5.82 Å². The Kier molecular flexibility index (Phi) is 3.87. The van der Waals surface area contributed by atoms with Crippen LogP contribution in [0.2, 0.25) is 0 Å². The summed E-state index contributed by atoms with van der Waals surface area (Å²) >= 11 is 0. The van der Waals surface area contributed by atoms with Crippen molar-refractivity contribution >= 4 is 5.95 Å². The van der Waals surface area contributed by atoms with E-state index in [1.54, 1.807) is 24.5 Å². The molecule has 3 rings (SSSR count). The van der Waals surface area contributed by atoms with Gasteiger partial charge >= 0.3 is 0 Å². The summed E-state index contributed by atoms with van der Waals surface area (Å²) in [6.45, 7) is 4.80. The Balaban J connectivity index is 1.56. The maximum Gasteiger partial charge on any atom is 0.225 e. The molecule has 0 saturated carbocycles. The molecule has 4 nitrogen and oxygen atoms in total. The minimum atomic E-state index is -0.154. The Morgan fingerprint density at radius 3 is 2.55 bits per heavy atom. The molecule has 2 aromatic rings. The fourth-order valence-corrected chi connectivity index (χ4v) is 2.59. The van der Waals surface area contributed by atoms with Gasteiger partial charge in [0.1, 0.15) is 12.4 Å². The lowest BCUT2D eigenvalue weighted by atomic mass is 10.2. The van der Waals surface area contributed by atoms with Gasteiger partial charge < -0.3 is 9.80 Å². The summed E-state index contributed by atoms with van der Waals surface area (Å²) < 4.78 is 13.2. The summed E-state index contributed by atoms with van der Waals surface area (Å²) in [6, 6.07) is 8.71. The Bertz CT molecular complexity index is 553. The highest BCUT2D eigenvalue weighted by molar-refractivity contribution is 5.28. The second-order valence-electron chi connectivity index (χ2n) is 5.09. The van der Waals surface area contributed by atoms with Gasteiger partial charge in [0, 0.05) is 18.0 Å². The standard InChI is InChI=1S/C15H17FN4/c16-14-4-1-3-13(11-14)12-19-7-9-20(10-8-19)15-17-5-2-6-18-15/h1-6,11H,7-10,12H2/p+1. The fourth-order valence-electron chi connectivity index (χ4n) is 2.59. The van der Waals surface area contributed by atoms with E-state index >= 15 is 0 Å². The first kappa shape index (κ1) is 13.0. The summed E-state index contributed by atoms with van der Waals surface area (Å²) in [5.74, 6) is 0.649. The zero-order valence-corrected chi connectivity index (χ0v) is 11.3. The van der Waals surface area contributed by atoms with Gasteiger partial charge in [0.25, 0.3) is 0 Å². The van der Waals surface area contributed by atoms with Crippen molar-refractivity contribution < 1.29 is 9.29 Å². The number of nitrogens with one attached hydrogen (secondary N) is 1. The van der Waals surface area contributed by atoms with Crippen molar-refractivity contribution in [2.24, 2.45) is 0 Å². The van der Waals surface area contributed by atoms with Gasteiger partial charge in [-0.25, -0.2) is 14.4 Å². The van der Waals surface area contributed by atoms with Crippen molar-refractivity contribution in [1.82, 2.24) is 9.97 Å². The van der Waals surface area contributed by atoms with Gasteiger partial charge in [-0.1, -0.05) is 12.1 Å². The smallest absolute Gasteiger partial charge is 0.225 e. The first-order valence-corrected chi connectivity index (χ1v) is 6.91. The number of nitrogens with zero attached hydrogens (tertiary/aromatic N) is 3. The topological polar surface area (TPSA) is 33.5 Å². The predicted octanol–water partition coefficient (Wildman–Crippen LogP) is 0.521. The highest BCUT2D eigenvalue weighted by Crippen LogP contribution is 2.05. The minimum absolute atomic E-state index is 0.154. The molecule has 0 amide bonds. The molecule has 0 radical (unpaired) electrons. The highest BCUT2D eigenvalue weighted by atomic mass is 19.1. The molecule has 1 saturated heterocycles. The molecule has 1 aliphatic rings. The van der Waals surface area contributed by atoms with E-state index in [0.29, 0.717) is 0 Å². The number of anilines is 1. The molecule has 20 heavy (non-hydrogen) atoms. The van der Waals surface area contributed by atoms with Crippen molar-refractivity contribution in [1.29, 1.82) is 0 Å². The third kappa shape index (κ3) is 3.11. The largest absolute Gasteiger partial charge is 0.330 e. The van der Waals surface area contributed by atoms with Crippen LogP contribution in [0.25, 0.3) is 0 Å². The Morgan fingerprint density at radius 1 is 1.10 bits per heavy atom. The highest BCUT2D eigenvalue weighted by Gasteiger charge is 2.21. The van der Waals surface area contributed by atoms with E-state index < -0.39 is 0 Å². The molecule has 1 aliphatic heterocycles. The molecule has 1 aromatic heterocycles. The Labute approximate surface area is 117 Å². The van der Waals surface area contributed by atoms with E-state index in [-0.39, 0.29) is 5.82 Å². The van der Waals surface area contributed by atoms with Gasteiger partial charge in [-0.05, 0) is 18.2 Å². The van der Waals surface area contributed by atoms with Gasteiger partial charge in [-0.2, -0.15) is 0 Å². The molecule has 1 N–H and O–H groups in total. The SMILES string of the molecule is Fc1cccc(C[NH+]2CCN(c3ncccn3)CC2)c1. The summed E-state index contributed by atoms with van der Waals surface area (Å²) in [5.41, 5.74) is 1.06. The van der Waals surface area contributed by atoms with Gasteiger partial charge in [0.15, 0.2) is 0 Å². The normalized spacial score (nSPS) is 16.4. The number of piperazine rings is 1. The average Bonchev–Trinajstić information content (AvgIpc) is 2.49. The van der Waals surface area contributed by atoms with Crippen LogP contribution >= 0.6 is 0 Å². The third-order valence-electron chi connectivity index (χ3n) is 3.65. The van der Waals surface area contributed by atoms with Crippen LogP contribution in [0.15, 0.2) is 42.7 Å². The predicted molar refractivity (Wildman–Crippen MR) is 75.0 cm³/mol. The van der Waals surface area contributed by atoms with E-state index in [0.717, 1.165) is 44.2 Å². The lowest BCUT2D eigenvalue weighted by Gasteiger charge is -2.32. The lowest BCUT2D eigenvalue weighted by Crippen LogP contribution is -3.13. The minimum Gasteiger partial charge on any atom is -0.330 e. The van der Waals surface area contributed by atoms with Crippen molar-refractivity contribution in [3.63, 3.8) is 0 Å². The molecule has 0 spiro atoms. The zero-order chi connectivity index (χ0) is 13.8. The molecule has 5 heteroatoms. The quantitative estimate of drug-likeness (QED) is 0.885. The van der Waals surface area contributed by atoms with Crippen LogP contribution in [0.1, 0.15) is 5.56 Å². The van der Waals surface area contributed by atoms with Crippen LogP contribution in [0.5, 0.6) is 0 Å². The van der Waals surface area contributed by atoms with Crippen LogP contribution in [0.3, 0.4) is 0 Å². The number of benzene rings is 1. The second-order valence-corrected chi connectivity index (χ2v) is 5.09. The molecular formula is C15H18FN4+. The van der Waals surface area contributed by atoms with E-state index in [1.807, 2.05) is 12.1 Å². The number of halogens is 1. The molecule has 0 aliphatic carbocycles. The van der Waals surface area contributed by atoms with Crippen LogP contribution < -0.4 is 9.80 Å². The van der Waals surface area contributed by atoms with Crippen molar-refractivity contribution in [3.05, 3.63) is 54.1 Å². The number of hydrogen-bond donors (Lipinski definition) is 1. The van der Waals surface area contributed by atoms with E-state index in [9.17, 15) is 4.39 Å². The van der Waals surface area contributed by atoms with Crippen LogP contribution in [-0.2, 0) is 6.54 Å². The van der Waals surface area contributed by atoms with Gasteiger partial charge in [0.05, 0.1) is 26.2 Å². The first-order valence-electron chi connectivity index (χ1n) is 6.91. The van der Waals surface area contributed by atoms with Gasteiger partial charge in [-0.15, -0.1) is 0 Å². The zero-order valence-electron chi connectivity index (χ0n) is 11.3. The summed E-state index contributed by atoms with van der Waals surface area (Å²) in [4.78, 5) is 12.2. The van der Waals surface area contributed by atoms with Crippen molar-refractivity contribution in [2.45, 2.75) is 6.54 Å². The third-order valence-corrected chi connectivity index (χ3v) is 3.65. The number of aromatic nitrogens is 2. The molecule has 0 unspecified atom stereocenters. The monoisotopic (exact) mass is 273 g/mol. The summed E-state index contributed by atoms with van der Waals surface area (Å²) in [7, 11) is 0. The average molecular weight is 273 g/mol. The molecule has 2 heterocycles. The molecule has 0 bridgehead atoms. The van der Waals surface area contributed by atoms with Crippen molar-refractivity contribution in [2.75, 3.05) is 31.1 Å². The maximum absolute atomic E-state index is 13.2. The lowest BCUT2D eigenvalue weighted by molar-refractivity contribution is -0.914. The number of hydrogen-bond acceptors (Lipinski definition) is 3. The summed E-state index contributed by atoms with van der Waals surface area (Å²) in [6.07, 6.45) is 3.54. The Morgan fingerprint density at radius 2 is 1.85 bits per heavy atom. The molecule has 0 atom stereocenters. The molecular weight excluding hydrogens is 255 g/mol. The van der Waals surface area contributed by atoms with E-state index in [1.165, 1.54) is 11.0 Å². The summed E-state index contributed by atoms with van der Waals surface area (Å²) in [5, 5.41) is 0. The first-order chi connectivity index (χ1) is 9.81. The van der Waals surface area contributed by atoms with Crippen molar-refractivity contribution in [3.8, 4) is 0 Å². The van der Waals surface area contributed by atoms with Crippen LogP contribution in [0.4, 0.5) is 10.3 Å². The number of rotatable bonds is 3. The molecule has 104 valence electrons. The van der Waals surface area contributed by atoms with Gasteiger partial charge in [0.2, 0.25) is 5.95 Å². The van der Waals surface area contributed by atoms with E-state index in [4.69, 9.17) is 0 Å². The molecule has 1 aromatic carbocycles. The molecule has 1 fully saturated rings.